The van der Waals surface area contributed by atoms with Crippen molar-refractivity contribution < 1.29 is 9.59 Å². The van der Waals surface area contributed by atoms with Crippen LogP contribution in [0.4, 0.5) is 0 Å². The molecule has 1 saturated heterocycles. The number of likely N-dealkylation sites (tertiary alicyclic amines) is 1. The summed E-state index contributed by atoms with van der Waals surface area (Å²) in [7, 11) is 0. The van der Waals surface area contributed by atoms with Crippen LogP contribution in [0.3, 0.4) is 0 Å². The lowest BCUT2D eigenvalue weighted by atomic mass is 10.0. The van der Waals surface area contributed by atoms with E-state index in [4.69, 9.17) is 5.73 Å². The first-order valence-electron chi connectivity index (χ1n) is 7.06. The topological polar surface area (TPSA) is 89.2 Å². The molecule has 0 radical (unpaired) electrons. The first kappa shape index (κ1) is 15.2. The fraction of sp³-hybridized carbons (Fsp3) is 0.429. The molecule has 0 aliphatic carbocycles. The smallest absolute Gasteiger partial charge is 0.240 e. The van der Waals surface area contributed by atoms with E-state index in [-0.39, 0.29) is 11.7 Å². The number of aromatic nitrogens is 2. The number of hydrogen-bond acceptors (Lipinski definition) is 6. The Morgan fingerprint density at radius 1 is 1.41 bits per heavy atom. The molecule has 1 atom stereocenters. The van der Waals surface area contributed by atoms with E-state index < -0.39 is 11.9 Å². The van der Waals surface area contributed by atoms with Gasteiger partial charge in [-0.05, 0) is 30.7 Å². The van der Waals surface area contributed by atoms with Crippen LogP contribution in [0.15, 0.2) is 22.8 Å². The molecule has 0 aromatic carbocycles. The number of nitrogens with zero attached hydrogens (tertiary/aromatic N) is 3. The highest BCUT2D eigenvalue weighted by Crippen LogP contribution is 2.29. The van der Waals surface area contributed by atoms with Crippen molar-refractivity contribution in [3.63, 3.8) is 0 Å². The second kappa shape index (κ2) is 6.62. The van der Waals surface area contributed by atoms with E-state index in [0.29, 0.717) is 13.0 Å². The van der Waals surface area contributed by atoms with Crippen LogP contribution in [0.1, 0.15) is 19.3 Å². The van der Waals surface area contributed by atoms with Gasteiger partial charge in [0, 0.05) is 6.54 Å². The number of primary amides is 1. The van der Waals surface area contributed by atoms with Gasteiger partial charge < -0.3 is 10.6 Å². The molecule has 6 nitrogen and oxygen atoms in total. The number of piperidine rings is 1. The maximum Gasteiger partial charge on any atom is 0.240 e. The van der Waals surface area contributed by atoms with Gasteiger partial charge in [-0.2, -0.15) is 0 Å². The van der Waals surface area contributed by atoms with Gasteiger partial charge in [-0.3, -0.25) is 9.59 Å². The Kier molecular flexibility index (Phi) is 4.58. The van der Waals surface area contributed by atoms with Crippen molar-refractivity contribution in [1.82, 2.24) is 14.9 Å². The molecule has 2 aromatic rings. The maximum absolute atomic E-state index is 12.4. The van der Waals surface area contributed by atoms with Crippen LogP contribution in [0.2, 0.25) is 0 Å². The minimum absolute atomic E-state index is 0.0585. The van der Waals surface area contributed by atoms with E-state index in [1.54, 1.807) is 16.2 Å². The molecule has 1 unspecified atom stereocenters. The van der Waals surface area contributed by atoms with Crippen LogP contribution in [-0.2, 0) is 9.59 Å². The van der Waals surface area contributed by atoms with Crippen molar-refractivity contribution in [3.05, 3.63) is 17.8 Å². The standard InChI is InChI=1S/C14H16N4O2S2/c15-13(20)10-3-1-2-5-18(10)11(19)7-22-14-12-9(4-6-21-12)16-8-17-14/h4,6,8,10H,1-3,5,7H2,(H2,15,20). The molecular weight excluding hydrogens is 320 g/mol. The highest BCUT2D eigenvalue weighted by atomic mass is 32.2. The Balaban J connectivity index is 1.69. The summed E-state index contributed by atoms with van der Waals surface area (Å²) >= 11 is 2.95. The van der Waals surface area contributed by atoms with Gasteiger partial charge in [0.15, 0.2) is 0 Å². The summed E-state index contributed by atoms with van der Waals surface area (Å²) in [4.78, 5) is 34.0. The number of thioether (sulfide) groups is 1. The van der Waals surface area contributed by atoms with Gasteiger partial charge in [-0.15, -0.1) is 11.3 Å². The highest BCUT2D eigenvalue weighted by Gasteiger charge is 2.30. The summed E-state index contributed by atoms with van der Waals surface area (Å²) in [6.07, 6.45) is 4.03. The lowest BCUT2D eigenvalue weighted by molar-refractivity contribution is -0.138. The molecule has 2 N–H and O–H groups in total. The monoisotopic (exact) mass is 336 g/mol. The first-order chi connectivity index (χ1) is 10.7. The van der Waals surface area contributed by atoms with Gasteiger partial charge in [-0.25, -0.2) is 9.97 Å². The molecular formula is C14H16N4O2S2. The minimum Gasteiger partial charge on any atom is -0.368 e. The van der Waals surface area contributed by atoms with Crippen LogP contribution < -0.4 is 5.73 Å². The molecule has 0 spiro atoms. The molecule has 116 valence electrons. The summed E-state index contributed by atoms with van der Waals surface area (Å²) in [6.45, 7) is 0.602. The van der Waals surface area contributed by atoms with Crippen molar-refractivity contribution in [2.45, 2.75) is 30.3 Å². The van der Waals surface area contributed by atoms with Gasteiger partial charge in [-0.1, -0.05) is 11.8 Å². The number of amides is 2. The largest absolute Gasteiger partial charge is 0.368 e. The van der Waals surface area contributed by atoms with Crippen LogP contribution in [0, 0.1) is 0 Å². The summed E-state index contributed by atoms with van der Waals surface area (Å²) < 4.78 is 0.991. The maximum atomic E-state index is 12.4. The summed E-state index contributed by atoms with van der Waals surface area (Å²) in [5, 5.41) is 2.76. The van der Waals surface area contributed by atoms with Crippen molar-refractivity contribution in [1.29, 1.82) is 0 Å². The summed E-state index contributed by atoms with van der Waals surface area (Å²) in [5.74, 6) is -0.217. The van der Waals surface area contributed by atoms with Crippen molar-refractivity contribution >= 4 is 45.1 Å². The zero-order valence-electron chi connectivity index (χ0n) is 11.9. The second-order valence-corrected chi connectivity index (χ2v) is 6.98. The Morgan fingerprint density at radius 3 is 3.09 bits per heavy atom. The number of fused-ring (bicyclic) bond motifs is 1. The van der Waals surface area contributed by atoms with Gasteiger partial charge in [0.2, 0.25) is 11.8 Å². The highest BCUT2D eigenvalue weighted by molar-refractivity contribution is 8.00. The number of hydrogen-bond donors (Lipinski definition) is 1. The third-order valence-corrected chi connectivity index (χ3v) is 5.71. The average Bonchev–Trinajstić information content (AvgIpc) is 3.01. The van der Waals surface area contributed by atoms with Crippen LogP contribution in [0.25, 0.3) is 10.2 Å². The Bertz CT molecular complexity index is 703. The Morgan fingerprint density at radius 2 is 2.27 bits per heavy atom. The van der Waals surface area contributed by atoms with E-state index in [2.05, 4.69) is 9.97 Å². The third kappa shape index (κ3) is 3.07. The van der Waals surface area contributed by atoms with Crippen molar-refractivity contribution in [2.75, 3.05) is 12.3 Å². The number of thiophene rings is 1. The fourth-order valence-electron chi connectivity index (χ4n) is 2.61. The molecule has 8 heteroatoms. The average molecular weight is 336 g/mol. The quantitative estimate of drug-likeness (QED) is 0.677. The predicted octanol–water partition coefficient (Wildman–Crippen LogP) is 1.65. The molecule has 1 fully saturated rings. The SMILES string of the molecule is NC(=O)C1CCCCN1C(=O)CSc1ncnc2ccsc12. The molecule has 2 amide bonds. The van der Waals surface area contributed by atoms with E-state index >= 15 is 0 Å². The number of carbonyl (C=O) groups excluding carboxylic acids is 2. The van der Waals surface area contributed by atoms with Gasteiger partial charge in [0.25, 0.3) is 0 Å². The molecule has 1 aliphatic heterocycles. The number of nitrogens with two attached hydrogens (primary N) is 1. The zero-order valence-corrected chi connectivity index (χ0v) is 13.5. The molecule has 2 aromatic heterocycles. The number of rotatable bonds is 4. The first-order valence-corrected chi connectivity index (χ1v) is 8.93. The lowest BCUT2D eigenvalue weighted by Gasteiger charge is -2.33. The second-order valence-electron chi connectivity index (χ2n) is 5.10. The van der Waals surface area contributed by atoms with E-state index in [1.165, 1.54) is 18.1 Å². The van der Waals surface area contributed by atoms with Crippen LogP contribution in [0.5, 0.6) is 0 Å². The molecule has 3 rings (SSSR count). The third-order valence-electron chi connectivity index (χ3n) is 3.69. The lowest BCUT2D eigenvalue weighted by Crippen LogP contribution is -2.51. The zero-order chi connectivity index (χ0) is 15.5. The molecule has 0 bridgehead atoms. The Labute approximate surface area is 136 Å². The molecule has 3 heterocycles. The Hall–Kier alpha value is -1.67. The summed E-state index contributed by atoms with van der Waals surface area (Å²) in [5.41, 5.74) is 6.30. The minimum atomic E-state index is -0.464. The normalized spacial score (nSPS) is 18.5. The van der Waals surface area contributed by atoms with Gasteiger partial charge in [0.05, 0.1) is 16.0 Å². The molecule has 1 aliphatic rings. The van der Waals surface area contributed by atoms with Crippen LogP contribution >= 0.6 is 23.1 Å². The predicted molar refractivity (Wildman–Crippen MR) is 86.7 cm³/mol. The van der Waals surface area contributed by atoms with Gasteiger partial charge in [0.1, 0.15) is 17.4 Å². The fourth-order valence-corrected chi connectivity index (χ4v) is 4.44. The van der Waals surface area contributed by atoms with Crippen molar-refractivity contribution in [2.24, 2.45) is 5.73 Å². The van der Waals surface area contributed by atoms with Crippen LogP contribution in [-0.4, -0.2) is 45.0 Å². The summed E-state index contributed by atoms with van der Waals surface area (Å²) in [6, 6.07) is 1.47. The van der Waals surface area contributed by atoms with Crippen molar-refractivity contribution in [3.8, 4) is 0 Å². The number of carbonyl (C=O) groups is 2. The van der Waals surface area contributed by atoms with E-state index in [9.17, 15) is 9.59 Å². The van der Waals surface area contributed by atoms with E-state index in [1.807, 2.05) is 11.4 Å². The molecule has 0 saturated carbocycles. The molecule has 22 heavy (non-hydrogen) atoms. The van der Waals surface area contributed by atoms with Gasteiger partial charge >= 0.3 is 0 Å². The van der Waals surface area contributed by atoms with E-state index in [0.717, 1.165) is 28.1 Å².